The number of carbonyl (C=O) groups is 2. The van der Waals surface area contributed by atoms with Crippen LogP contribution < -0.4 is 9.47 Å². The van der Waals surface area contributed by atoms with Crippen LogP contribution in [0.25, 0.3) is 0 Å². The second kappa shape index (κ2) is 10.1. The number of benzene rings is 2. The summed E-state index contributed by atoms with van der Waals surface area (Å²) in [5.41, 5.74) is -0.567. The molecule has 0 radical (unpaired) electrons. The predicted octanol–water partition coefficient (Wildman–Crippen LogP) is 3.98. The van der Waals surface area contributed by atoms with E-state index in [1.54, 1.807) is 37.1 Å². The number of methoxy groups -OCH3 is 2. The van der Waals surface area contributed by atoms with Crippen molar-refractivity contribution >= 4 is 11.9 Å². The van der Waals surface area contributed by atoms with Crippen molar-refractivity contribution in [3.63, 3.8) is 0 Å². The molecule has 0 heterocycles. The molecule has 0 saturated heterocycles. The smallest absolute Gasteiger partial charge is 0.335 e. The normalized spacial score (nSPS) is 12.4. The molecule has 0 amide bonds. The van der Waals surface area contributed by atoms with Crippen molar-refractivity contribution in [2.45, 2.75) is 44.8 Å². The van der Waals surface area contributed by atoms with E-state index in [0.717, 1.165) is 5.56 Å². The third-order valence-electron chi connectivity index (χ3n) is 5.47. The number of carboxylic acids is 2. The van der Waals surface area contributed by atoms with Crippen LogP contribution in [0.1, 0.15) is 43.9 Å². The van der Waals surface area contributed by atoms with E-state index in [4.69, 9.17) is 9.47 Å². The Morgan fingerprint density at radius 3 is 2.10 bits per heavy atom. The third-order valence-corrected chi connectivity index (χ3v) is 5.47. The Morgan fingerprint density at radius 1 is 1.00 bits per heavy atom. The quantitative estimate of drug-likeness (QED) is 0.536. The van der Waals surface area contributed by atoms with Crippen molar-refractivity contribution in [2.75, 3.05) is 14.2 Å². The maximum absolute atomic E-state index is 12.4. The van der Waals surface area contributed by atoms with Gasteiger partial charge in [-0.05, 0) is 24.5 Å². The SMILES string of the molecule is CCC(c1ccc(OC)cc1OC)N(Cc1ccccc1)C(CC)(C(=O)O)C(=O)O. The van der Waals surface area contributed by atoms with Crippen LogP contribution in [0, 0.1) is 0 Å². The van der Waals surface area contributed by atoms with Gasteiger partial charge in [0.15, 0.2) is 0 Å². The van der Waals surface area contributed by atoms with Gasteiger partial charge >= 0.3 is 11.9 Å². The number of hydrogen-bond acceptors (Lipinski definition) is 5. The topological polar surface area (TPSA) is 96.3 Å². The molecule has 1 atom stereocenters. The number of nitrogens with zero attached hydrogens (tertiary/aromatic N) is 1. The molecule has 1 unspecified atom stereocenters. The molecule has 0 aliphatic carbocycles. The molecular weight excluding hydrogens is 386 g/mol. The zero-order valence-corrected chi connectivity index (χ0v) is 17.8. The maximum Gasteiger partial charge on any atom is 0.335 e. The Labute approximate surface area is 176 Å². The zero-order chi connectivity index (χ0) is 22.3. The molecular formula is C23H29NO6. The number of aliphatic carboxylic acids is 2. The molecule has 2 aromatic carbocycles. The zero-order valence-electron chi connectivity index (χ0n) is 17.8. The van der Waals surface area contributed by atoms with Gasteiger partial charge in [0.2, 0.25) is 5.54 Å². The summed E-state index contributed by atoms with van der Waals surface area (Å²) in [6.07, 6.45) is 0.386. The van der Waals surface area contributed by atoms with Gasteiger partial charge < -0.3 is 19.7 Å². The van der Waals surface area contributed by atoms with Crippen LogP contribution in [0.2, 0.25) is 0 Å². The fraction of sp³-hybridized carbons (Fsp3) is 0.391. The highest BCUT2D eigenvalue weighted by atomic mass is 16.5. The molecule has 0 aliphatic heterocycles. The summed E-state index contributed by atoms with van der Waals surface area (Å²) in [5.74, 6) is -1.67. The van der Waals surface area contributed by atoms with Gasteiger partial charge in [-0.15, -0.1) is 0 Å². The van der Waals surface area contributed by atoms with Gasteiger partial charge in [-0.1, -0.05) is 50.2 Å². The van der Waals surface area contributed by atoms with E-state index in [0.29, 0.717) is 23.5 Å². The molecule has 7 heteroatoms. The first-order chi connectivity index (χ1) is 14.3. The Bertz CT molecular complexity index is 853. The van der Waals surface area contributed by atoms with Crippen molar-refractivity contribution in [1.82, 2.24) is 4.90 Å². The Hall–Kier alpha value is -3.06. The number of ether oxygens (including phenoxy) is 2. The summed E-state index contributed by atoms with van der Waals surface area (Å²) in [7, 11) is 3.07. The fourth-order valence-corrected chi connectivity index (χ4v) is 3.84. The highest BCUT2D eigenvalue weighted by Crippen LogP contribution is 2.40. The van der Waals surface area contributed by atoms with Crippen molar-refractivity contribution in [3.05, 3.63) is 59.7 Å². The molecule has 0 fully saturated rings. The number of carboxylic acid groups (broad SMARTS) is 2. The van der Waals surface area contributed by atoms with E-state index in [2.05, 4.69) is 0 Å². The second-order valence-electron chi connectivity index (χ2n) is 6.97. The van der Waals surface area contributed by atoms with E-state index < -0.39 is 23.5 Å². The van der Waals surface area contributed by atoms with Crippen LogP contribution in [0.5, 0.6) is 11.5 Å². The first-order valence-corrected chi connectivity index (χ1v) is 9.85. The summed E-state index contributed by atoms with van der Waals surface area (Å²) in [4.78, 5) is 26.3. The first-order valence-electron chi connectivity index (χ1n) is 9.85. The van der Waals surface area contributed by atoms with Gasteiger partial charge in [-0.2, -0.15) is 0 Å². The molecule has 0 aromatic heterocycles. The van der Waals surface area contributed by atoms with E-state index in [1.165, 1.54) is 7.11 Å². The monoisotopic (exact) mass is 415 g/mol. The minimum atomic E-state index is -2.10. The minimum Gasteiger partial charge on any atom is -0.497 e. The highest BCUT2D eigenvalue weighted by molar-refractivity contribution is 6.03. The van der Waals surface area contributed by atoms with Crippen molar-refractivity contribution in [3.8, 4) is 11.5 Å². The average Bonchev–Trinajstić information content (AvgIpc) is 2.75. The van der Waals surface area contributed by atoms with Crippen LogP contribution in [0.3, 0.4) is 0 Å². The van der Waals surface area contributed by atoms with E-state index in [9.17, 15) is 19.8 Å². The molecule has 0 spiro atoms. The van der Waals surface area contributed by atoms with Crippen LogP contribution in [0.4, 0.5) is 0 Å². The molecule has 2 N–H and O–H groups in total. The fourth-order valence-electron chi connectivity index (χ4n) is 3.84. The summed E-state index contributed by atoms with van der Waals surface area (Å²) < 4.78 is 10.8. The van der Waals surface area contributed by atoms with Crippen molar-refractivity contribution in [1.29, 1.82) is 0 Å². The lowest BCUT2D eigenvalue weighted by Gasteiger charge is -2.42. The molecule has 0 saturated carbocycles. The lowest BCUT2D eigenvalue weighted by molar-refractivity contribution is -0.171. The van der Waals surface area contributed by atoms with Gasteiger partial charge in [0.05, 0.1) is 14.2 Å². The maximum atomic E-state index is 12.4. The van der Waals surface area contributed by atoms with E-state index in [1.807, 2.05) is 37.3 Å². The average molecular weight is 415 g/mol. The largest absolute Gasteiger partial charge is 0.497 e. The van der Waals surface area contributed by atoms with Crippen LogP contribution in [-0.2, 0) is 16.1 Å². The van der Waals surface area contributed by atoms with Crippen molar-refractivity contribution in [2.24, 2.45) is 0 Å². The van der Waals surface area contributed by atoms with Gasteiger partial charge in [0.25, 0.3) is 0 Å². The number of rotatable bonds is 11. The highest BCUT2D eigenvalue weighted by Gasteiger charge is 2.52. The number of hydrogen-bond donors (Lipinski definition) is 2. The lowest BCUT2D eigenvalue weighted by Crippen LogP contribution is -2.60. The minimum absolute atomic E-state index is 0.0977. The first kappa shape index (κ1) is 23.2. The van der Waals surface area contributed by atoms with Gasteiger partial charge in [-0.25, -0.2) is 9.59 Å². The van der Waals surface area contributed by atoms with E-state index in [-0.39, 0.29) is 13.0 Å². The Kier molecular flexibility index (Phi) is 7.83. The van der Waals surface area contributed by atoms with Crippen LogP contribution >= 0.6 is 0 Å². The van der Waals surface area contributed by atoms with Crippen LogP contribution in [-0.4, -0.2) is 46.8 Å². The molecule has 0 bridgehead atoms. The molecule has 2 aromatic rings. The van der Waals surface area contributed by atoms with Gasteiger partial charge in [0, 0.05) is 24.2 Å². The standard InChI is InChI=1S/C23H29NO6/c1-5-19(18-13-12-17(29-3)14-20(18)30-4)24(15-16-10-8-7-9-11-16)23(6-2,21(25)26)22(27)28/h7-14,19H,5-6,15H2,1-4H3,(H,25,26)(H,27,28). The summed E-state index contributed by atoms with van der Waals surface area (Å²) in [5, 5.41) is 20.1. The molecule has 2 rings (SSSR count). The Morgan fingerprint density at radius 2 is 1.63 bits per heavy atom. The molecule has 0 aliphatic rings. The van der Waals surface area contributed by atoms with E-state index >= 15 is 0 Å². The predicted molar refractivity (Wildman–Crippen MR) is 113 cm³/mol. The van der Waals surface area contributed by atoms with Crippen molar-refractivity contribution < 1.29 is 29.3 Å². The Balaban J connectivity index is 2.70. The molecule has 162 valence electrons. The summed E-state index contributed by atoms with van der Waals surface area (Å²) >= 11 is 0. The third kappa shape index (κ3) is 4.41. The van der Waals surface area contributed by atoms with Gasteiger partial charge in [-0.3, -0.25) is 4.90 Å². The molecule has 30 heavy (non-hydrogen) atoms. The van der Waals surface area contributed by atoms with Gasteiger partial charge in [0.1, 0.15) is 11.5 Å². The molecule has 7 nitrogen and oxygen atoms in total. The summed E-state index contributed by atoms with van der Waals surface area (Å²) in [6.45, 7) is 3.63. The van der Waals surface area contributed by atoms with Crippen LogP contribution in [0.15, 0.2) is 48.5 Å². The second-order valence-corrected chi connectivity index (χ2v) is 6.97. The lowest BCUT2D eigenvalue weighted by atomic mass is 9.88. The summed E-state index contributed by atoms with van der Waals surface area (Å²) in [6, 6.07) is 14.0.